The zero-order valence-corrected chi connectivity index (χ0v) is 17.2. The number of nitrogens with one attached hydrogen (secondary N) is 2. The maximum absolute atomic E-state index is 6.17. The van der Waals surface area contributed by atoms with Crippen molar-refractivity contribution in [2.75, 3.05) is 57.8 Å². The first kappa shape index (κ1) is 21.1. The van der Waals surface area contributed by atoms with Crippen molar-refractivity contribution in [3.63, 3.8) is 0 Å². The van der Waals surface area contributed by atoms with Crippen molar-refractivity contribution in [2.24, 2.45) is 0 Å². The molecule has 1 aromatic heterocycles. The molecule has 0 saturated carbocycles. The average Bonchev–Trinajstić information content (AvgIpc) is 2.72. The molecular weight excluding hydrogens is 376 g/mol. The van der Waals surface area contributed by atoms with Gasteiger partial charge in [-0.2, -0.15) is 0 Å². The third-order valence-corrected chi connectivity index (χ3v) is 5.34. The number of morpholine rings is 1. The molecule has 1 aromatic carbocycles. The van der Waals surface area contributed by atoms with Crippen LogP contribution >= 0.6 is 12.4 Å². The molecule has 3 heterocycles. The van der Waals surface area contributed by atoms with E-state index >= 15 is 0 Å². The molecule has 2 aliphatic rings. The van der Waals surface area contributed by atoms with Crippen molar-refractivity contribution in [3.05, 3.63) is 30.5 Å². The molecule has 0 spiro atoms. The smallest absolute Gasteiger partial charge is 0.126 e. The van der Waals surface area contributed by atoms with Crippen LogP contribution in [0.25, 0.3) is 10.8 Å². The summed E-state index contributed by atoms with van der Waals surface area (Å²) in [5, 5.41) is 9.15. The number of ether oxygens (including phenoxy) is 2. The SMILES string of the molecule is Cl.c1cc2cnc(NCCCN3CCOCC3)cc2cc1OC1CCNCC1. The van der Waals surface area contributed by atoms with E-state index in [-0.39, 0.29) is 12.4 Å². The van der Waals surface area contributed by atoms with E-state index in [1.165, 1.54) is 5.39 Å². The van der Waals surface area contributed by atoms with Gasteiger partial charge in [0.15, 0.2) is 0 Å². The van der Waals surface area contributed by atoms with Crippen molar-refractivity contribution in [3.8, 4) is 5.75 Å². The van der Waals surface area contributed by atoms with Crippen LogP contribution in [0.3, 0.4) is 0 Å². The van der Waals surface area contributed by atoms with Gasteiger partial charge in [0.1, 0.15) is 17.7 Å². The fourth-order valence-electron chi connectivity index (χ4n) is 3.74. The second-order valence-corrected chi connectivity index (χ2v) is 7.38. The number of pyridine rings is 1. The number of anilines is 1. The normalized spacial score (nSPS) is 18.6. The topological polar surface area (TPSA) is 58.7 Å². The zero-order chi connectivity index (χ0) is 18.3. The lowest BCUT2D eigenvalue weighted by Crippen LogP contribution is -2.37. The Hall–Kier alpha value is -1.60. The summed E-state index contributed by atoms with van der Waals surface area (Å²) in [6, 6.07) is 8.42. The van der Waals surface area contributed by atoms with E-state index in [1.54, 1.807) is 0 Å². The lowest BCUT2D eigenvalue weighted by Gasteiger charge is -2.26. The maximum Gasteiger partial charge on any atom is 0.126 e. The highest BCUT2D eigenvalue weighted by molar-refractivity contribution is 5.85. The lowest BCUT2D eigenvalue weighted by atomic mass is 10.1. The van der Waals surface area contributed by atoms with Crippen LogP contribution in [0.2, 0.25) is 0 Å². The Bertz CT molecular complexity index is 733. The Morgan fingerprint density at radius 2 is 1.96 bits per heavy atom. The highest BCUT2D eigenvalue weighted by Gasteiger charge is 2.14. The van der Waals surface area contributed by atoms with Gasteiger partial charge < -0.3 is 20.1 Å². The quantitative estimate of drug-likeness (QED) is 0.689. The lowest BCUT2D eigenvalue weighted by molar-refractivity contribution is 0.0378. The number of rotatable bonds is 7. The molecular formula is C21H31ClN4O2. The number of fused-ring (bicyclic) bond motifs is 1. The van der Waals surface area contributed by atoms with Crippen LogP contribution in [0.15, 0.2) is 30.5 Å². The number of hydrogen-bond donors (Lipinski definition) is 2. The third kappa shape index (κ3) is 5.95. The first-order valence-corrected chi connectivity index (χ1v) is 10.2. The summed E-state index contributed by atoms with van der Waals surface area (Å²) in [4.78, 5) is 7.00. The Labute approximate surface area is 173 Å². The van der Waals surface area contributed by atoms with Gasteiger partial charge >= 0.3 is 0 Å². The van der Waals surface area contributed by atoms with Crippen molar-refractivity contribution in [1.82, 2.24) is 15.2 Å². The molecule has 154 valence electrons. The summed E-state index contributed by atoms with van der Waals surface area (Å²) in [6.45, 7) is 7.95. The fourth-order valence-corrected chi connectivity index (χ4v) is 3.74. The molecule has 0 amide bonds. The van der Waals surface area contributed by atoms with Gasteiger partial charge in [0.05, 0.1) is 13.2 Å². The van der Waals surface area contributed by atoms with Crippen LogP contribution in [0.5, 0.6) is 5.75 Å². The number of nitrogens with zero attached hydrogens (tertiary/aromatic N) is 2. The molecule has 2 aromatic rings. The number of aromatic nitrogens is 1. The van der Waals surface area contributed by atoms with Crippen molar-refractivity contribution < 1.29 is 9.47 Å². The van der Waals surface area contributed by atoms with Gasteiger partial charge in [0.2, 0.25) is 0 Å². The standard InChI is InChI=1S/C21H30N4O2.ClH/c1(9-25-10-12-26-13-11-25)6-23-21-15-18-14-20(3-2-17(18)16-24-21)27-19-4-7-22-8-5-19;/h2-3,14-16,19,22H,1,4-13H2,(H,23,24);1H. The van der Waals surface area contributed by atoms with Crippen LogP contribution in [0.4, 0.5) is 5.82 Å². The minimum atomic E-state index is 0. The van der Waals surface area contributed by atoms with Crippen LogP contribution in [-0.2, 0) is 4.74 Å². The molecule has 2 saturated heterocycles. The summed E-state index contributed by atoms with van der Waals surface area (Å²) >= 11 is 0. The molecule has 4 rings (SSSR count). The molecule has 0 atom stereocenters. The van der Waals surface area contributed by atoms with Gasteiger partial charge in [0, 0.05) is 31.2 Å². The molecule has 0 unspecified atom stereocenters. The molecule has 2 aliphatic heterocycles. The highest BCUT2D eigenvalue weighted by atomic mass is 35.5. The molecule has 0 aliphatic carbocycles. The highest BCUT2D eigenvalue weighted by Crippen LogP contribution is 2.24. The fraction of sp³-hybridized carbons (Fsp3) is 0.571. The molecule has 2 fully saturated rings. The van der Waals surface area contributed by atoms with E-state index in [2.05, 4.69) is 44.8 Å². The number of halogens is 1. The van der Waals surface area contributed by atoms with E-state index in [0.29, 0.717) is 6.10 Å². The van der Waals surface area contributed by atoms with Gasteiger partial charge in [-0.15, -0.1) is 12.4 Å². The Kier molecular flexibility index (Phi) is 8.15. The monoisotopic (exact) mass is 406 g/mol. The summed E-state index contributed by atoms with van der Waals surface area (Å²) in [7, 11) is 0. The second-order valence-electron chi connectivity index (χ2n) is 7.38. The van der Waals surface area contributed by atoms with E-state index in [0.717, 1.165) is 88.7 Å². The predicted molar refractivity (Wildman–Crippen MR) is 116 cm³/mol. The first-order chi connectivity index (χ1) is 13.4. The second kappa shape index (κ2) is 10.8. The predicted octanol–water partition coefficient (Wildman–Crippen LogP) is 2.92. The first-order valence-electron chi connectivity index (χ1n) is 10.2. The maximum atomic E-state index is 6.17. The molecule has 0 radical (unpaired) electrons. The van der Waals surface area contributed by atoms with Crippen LogP contribution in [0.1, 0.15) is 19.3 Å². The van der Waals surface area contributed by atoms with Gasteiger partial charge in [-0.25, -0.2) is 4.98 Å². The minimum Gasteiger partial charge on any atom is -0.490 e. The zero-order valence-electron chi connectivity index (χ0n) is 16.4. The summed E-state index contributed by atoms with van der Waals surface area (Å²) in [5.74, 6) is 1.89. The van der Waals surface area contributed by atoms with E-state index in [9.17, 15) is 0 Å². The van der Waals surface area contributed by atoms with Crippen molar-refractivity contribution in [2.45, 2.75) is 25.4 Å². The molecule has 2 N–H and O–H groups in total. The minimum absolute atomic E-state index is 0. The molecule has 0 bridgehead atoms. The Morgan fingerprint density at radius 3 is 2.79 bits per heavy atom. The largest absolute Gasteiger partial charge is 0.490 e. The van der Waals surface area contributed by atoms with Crippen molar-refractivity contribution in [1.29, 1.82) is 0 Å². The van der Waals surface area contributed by atoms with Crippen LogP contribution in [-0.4, -0.2) is 68.5 Å². The van der Waals surface area contributed by atoms with E-state index < -0.39 is 0 Å². The number of hydrogen-bond acceptors (Lipinski definition) is 6. The van der Waals surface area contributed by atoms with Gasteiger partial charge in [0.25, 0.3) is 0 Å². The Morgan fingerprint density at radius 1 is 1.14 bits per heavy atom. The van der Waals surface area contributed by atoms with Gasteiger partial charge in [-0.05, 0) is 68.5 Å². The van der Waals surface area contributed by atoms with Gasteiger partial charge in [-0.1, -0.05) is 0 Å². The number of piperidine rings is 1. The summed E-state index contributed by atoms with van der Waals surface area (Å²) in [6.07, 6.45) is 5.52. The summed E-state index contributed by atoms with van der Waals surface area (Å²) in [5.41, 5.74) is 0. The molecule has 7 heteroatoms. The third-order valence-electron chi connectivity index (χ3n) is 5.34. The Balaban J connectivity index is 0.00000225. The van der Waals surface area contributed by atoms with Gasteiger partial charge in [-0.3, -0.25) is 4.90 Å². The average molecular weight is 407 g/mol. The number of benzene rings is 1. The molecule has 6 nitrogen and oxygen atoms in total. The molecule has 28 heavy (non-hydrogen) atoms. The summed E-state index contributed by atoms with van der Waals surface area (Å²) < 4.78 is 11.6. The van der Waals surface area contributed by atoms with Crippen molar-refractivity contribution >= 4 is 29.0 Å². The van der Waals surface area contributed by atoms with E-state index in [4.69, 9.17) is 9.47 Å². The van der Waals surface area contributed by atoms with E-state index in [1.807, 2.05) is 6.20 Å². The van der Waals surface area contributed by atoms with Crippen LogP contribution < -0.4 is 15.4 Å². The van der Waals surface area contributed by atoms with Crippen LogP contribution in [0, 0.1) is 0 Å².